The predicted molar refractivity (Wildman–Crippen MR) is 71.9 cm³/mol. The van der Waals surface area contributed by atoms with Gasteiger partial charge in [0.2, 0.25) is 5.91 Å². The smallest absolute Gasteiger partial charge is 0.407 e. The first-order valence-electron chi connectivity index (χ1n) is 6.37. The monoisotopic (exact) mass is 278 g/mol. The van der Waals surface area contributed by atoms with Crippen LogP contribution in [-0.4, -0.2) is 15.4 Å². The van der Waals surface area contributed by atoms with Crippen LogP contribution in [0.15, 0.2) is 27.4 Å². The summed E-state index contributed by atoms with van der Waals surface area (Å²) in [7, 11) is 0. The molecule has 0 amide bonds. The van der Waals surface area contributed by atoms with Crippen molar-refractivity contribution in [3.05, 3.63) is 38.9 Å². The van der Waals surface area contributed by atoms with E-state index in [2.05, 4.69) is 0 Å². The van der Waals surface area contributed by atoms with Crippen LogP contribution in [-0.2, 0) is 0 Å². The average molecular weight is 278 g/mol. The number of rotatable bonds is 5. The van der Waals surface area contributed by atoms with Crippen LogP contribution in [0.5, 0.6) is 0 Å². The quantitative estimate of drug-likeness (QED) is 0.476. The van der Waals surface area contributed by atoms with Crippen molar-refractivity contribution in [2.45, 2.75) is 32.6 Å². The van der Waals surface area contributed by atoms with Gasteiger partial charge in [-0.15, -0.1) is 0 Å². The fourth-order valence-corrected chi connectivity index (χ4v) is 2.00. The second-order valence-corrected chi connectivity index (χ2v) is 4.46. The summed E-state index contributed by atoms with van der Waals surface area (Å²) in [4.78, 5) is 33.8. The van der Waals surface area contributed by atoms with Gasteiger partial charge in [0.25, 0.3) is 5.69 Å². The SMILES string of the molecule is CCCCCC(=O)n1c(=O)oc2cc([N+](=O)[O-])ccc21. The Balaban J connectivity index is 2.39. The summed E-state index contributed by atoms with van der Waals surface area (Å²) in [6.45, 7) is 2.02. The molecule has 1 aromatic carbocycles. The van der Waals surface area contributed by atoms with Gasteiger partial charge >= 0.3 is 5.76 Å². The Hall–Kier alpha value is -2.44. The molecule has 0 spiro atoms. The minimum atomic E-state index is -0.804. The van der Waals surface area contributed by atoms with Crippen molar-refractivity contribution >= 4 is 22.7 Å². The topological polar surface area (TPSA) is 95.3 Å². The Kier molecular flexibility index (Phi) is 3.97. The highest BCUT2D eigenvalue weighted by Crippen LogP contribution is 2.20. The standard InChI is InChI=1S/C13H14N2O5/c1-2-3-4-5-12(16)14-10-7-6-9(15(18)19)8-11(10)20-13(14)17/h6-8H,2-5H2,1H3. The van der Waals surface area contributed by atoms with Gasteiger partial charge in [-0.2, -0.15) is 0 Å². The largest absolute Gasteiger partial charge is 0.426 e. The molecular formula is C13H14N2O5. The Morgan fingerprint density at radius 2 is 2.15 bits per heavy atom. The van der Waals surface area contributed by atoms with Gasteiger partial charge in [-0.25, -0.2) is 9.36 Å². The van der Waals surface area contributed by atoms with E-state index in [-0.39, 0.29) is 29.1 Å². The molecule has 0 aliphatic rings. The third-order valence-corrected chi connectivity index (χ3v) is 3.02. The maximum atomic E-state index is 12.0. The molecule has 0 saturated carbocycles. The zero-order valence-corrected chi connectivity index (χ0v) is 11.0. The summed E-state index contributed by atoms with van der Waals surface area (Å²) in [5.41, 5.74) is 0.131. The number of hydrogen-bond acceptors (Lipinski definition) is 5. The van der Waals surface area contributed by atoms with E-state index in [1.54, 1.807) is 0 Å². The third kappa shape index (κ3) is 2.61. The Labute approximate surface area is 114 Å². The van der Waals surface area contributed by atoms with Gasteiger partial charge in [-0.05, 0) is 12.5 Å². The highest BCUT2D eigenvalue weighted by atomic mass is 16.6. The molecule has 1 heterocycles. The normalized spacial score (nSPS) is 10.8. The molecule has 106 valence electrons. The van der Waals surface area contributed by atoms with Crippen LogP contribution in [0, 0.1) is 10.1 Å². The van der Waals surface area contributed by atoms with Crippen LogP contribution in [0.1, 0.15) is 37.4 Å². The van der Waals surface area contributed by atoms with E-state index in [9.17, 15) is 19.7 Å². The first-order chi connectivity index (χ1) is 9.54. The van der Waals surface area contributed by atoms with E-state index in [0.29, 0.717) is 6.42 Å². The molecule has 2 rings (SSSR count). The first kappa shape index (κ1) is 14.0. The van der Waals surface area contributed by atoms with Crippen LogP contribution in [0.3, 0.4) is 0 Å². The summed E-state index contributed by atoms with van der Waals surface area (Å²) >= 11 is 0. The number of nitro benzene ring substituents is 1. The molecule has 0 N–H and O–H groups in total. The van der Waals surface area contributed by atoms with Crippen molar-refractivity contribution in [1.82, 2.24) is 4.57 Å². The number of hydrogen-bond donors (Lipinski definition) is 0. The van der Waals surface area contributed by atoms with Crippen molar-refractivity contribution in [2.24, 2.45) is 0 Å². The number of fused-ring (bicyclic) bond motifs is 1. The second kappa shape index (κ2) is 5.68. The minimum Gasteiger partial charge on any atom is -0.407 e. The predicted octanol–water partition coefficient (Wildman–Crippen LogP) is 2.72. The number of nitrogens with zero attached hydrogens (tertiary/aromatic N) is 2. The van der Waals surface area contributed by atoms with Crippen molar-refractivity contribution in [2.75, 3.05) is 0 Å². The fourth-order valence-electron chi connectivity index (χ4n) is 2.00. The van der Waals surface area contributed by atoms with Gasteiger partial charge in [0.1, 0.15) is 0 Å². The molecule has 7 nitrogen and oxygen atoms in total. The highest BCUT2D eigenvalue weighted by molar-refractivity contribution is 5.89. The maximum absolute atomic E-state index is 12.0. The second-order valence-electron chi connectivity index (χ2n) is 4.46. The average Bonchev–Trinajstić information content (AvgIpc) is 2.73. The Bertz CT molecular complexity index is 713. The van der Waals surface area contributed by atoms with Gasteiger partial charge in [0.15, 0.2) is 5.58 Å². The molecule has 0 saturated heterocycles. The van der Waals surface area contributed by atoms with Crippen molar-refractivity contribution < 1.29 is 14.1 Å². The number of oxazole rings is 1. The van der Waals surface area contributed by atoms with Crippen LogP contribution >= 0.6 is 0 Å². The molecule has 0 unspecified atom stereocenters. The van der Waals surface area contributed by atoms with E-state index in [1.807, 2.05) is 6.92 Å². The van der Waals surface area contributed by atoms with Crippen LogP contribution in [0.4, 0.5) is 5.69 Å². The molecule has 2 aromatic rings. The molecular weight excluding hydrogens is 264 g/mol. The lowest BCUT2D eigenvalue weighted by molar-refractivity contribution is -0.384. The van der Waals surface area contributed by atoms with E-state index < -0.39 is 10.7 Å². The van der Waals surface area contributed by atoms with Crippen molar-refractivity contribution in [1.29, 1.82) is 0 Å². The molecule has 7 heteroatoms. The lowest BCUT2D eigenvalue weighted by atomic mass is 10.2. The van der Waals surface area contributed by atoms with E-state index in [4.69, 9.17) is 4.42 Å². The summed E-state index contributed by atoms with van der Waals surface area (Å²) in [6, 6.07) is 3.75. The number of carbonyl (C=O) groups is 1. The molecule has 0 radical (unpaired) electrons. The van der Waals surface area contributed by atoms with Gasteiger partial charge < -0.3 is 4.42 Å². The number of unbranched alkanes of at least 4 members (excludes halogenated alkanes) is 2. The molecule has 1 aromatic heterocycles. The molecule has 0 bridgehead atoms. The van der Waals surface area contributed by atoms with Gasteiger partial charge in [0, 0.05) is 12.5 Å². The van der Waals surface area contributed by atoms with Gasteiger partial charge in [-0.1, -0.05) is 19.8 Å². The molecule has 0 aliphatic carbocycles. The summed E-state index contributed by atoms with van der Waals surface area (Å²) in [5, 5.41) is 10.7. The van der Waals surface area contributed by atoms with Crippen LogP contribution in [0.2, 0.25) is 0 Å². The summed E-state index contributed by atoms with van der Waals surface area (Å²) < 4.78 is 5.84. The Morgan fingerprint density at radius 3 is 2.80 bits per heavy atom. The third-order valence-electron chi connectivity index (χ3n) is 3.02. The zero-order valence-electron chi connectivity index (χ0n) is 11.0. The zero-order chi connectivity index (χ0) is 14.7. The number of carbonyl (C=O) groups excluding carboxylic acids is 1. The van der Waals surface area contributed by atoms with Crippen LogP contribution in [0.25, 0.3) is 11.1 Å². The maximum Gasteiger partial charge on any atom is 0.426 e. The Morgan fingerprint density at radius 1 is 1.40 bits per heavy atom. The van der Waals surface area contributed by atoms with Gasteiger partial charge in [-0.3, -0.25) is 14.9 Å². The minimum absolute atomic E-state index is 0.0491. The summed E-state index contributed by atoms with van der Waals surface area (Å²) in [6.07, 6.45) is 2.82. The molecule has 0 fully saturated rings. The lowest BCUT2D eigenvalue weighted by Gasteiger charge is -2.00. The number of non-ortho nitro benzene ring substituents is 1. The van der Waals surface area contributed by atoms with E-state index in [1.165, 1.54) is 12.1 Å². The first-order valence-corrected chi connectivity index (χ1v) is 6.37. The highest BCUT2D eigenvalue weighted by Gasteiger charge is 2.18. The molecule has 0 aliphatic heterocycles. The number of nitro groups is 1. The number of benzene rings is 1. The lowest BCUT2D eigenvalue weighted by Crippen LogP contribution is -2.22. The number of aromatic nitrogens is 1. The van der Waals surface area contributed by atoms with Crippen molar-refractivity contribution in [3.8, 4) is 0 Å². The van der Waals surface area contributed by atoms with E-state index in [0.717, 1.165) is 23.5 Å². The fraction of sp³-hybridized carbons (Fsp3) is 0.385. The van der Waals surface area contributed by atoms with Crippen molar-refractivity contribution in [3.63, 3.8) is 0 Å². The van der Waals surface area contributed by atoms with Crippen LogP contribution < -0.4 is 5.76 Å². The molecule has 0 atom stereocenters. The molecule has 20 heavy (non-hydrogen) atoms. The van der Waals surface area contributed by atoms with Gasteiger partial charge in [0.05, 0.1) is 16.5 Å². The summed E-state index contributed by atoms with van der Waals surface area (Å²) in [5.74, 6) is -1.15. The van der Waals surface area contributed by atoms with E-state index >= 15 is 0 Å².